The number of nitrogens with one attached hydrogen (secondary N) is 1. The molecule has 1 N–H and O–H groups in total. The Kier molecular flexibility index (Phi) is 2.95. The van der Waals surface area contributed by atoms with Crippen LogP contribution in [0.15, 0.2) is 53.6 Å². The van der Waals surface area contributed by atoms with Crippen LogP contribution in [0.3, 0.4) is 0 Å². The van der Waals surface area contributed by atoms with Crippen molar-refractivity contribution in [3.63, 3.8) is 0 Å². The van der Waals surface area contributed by atoms with E-state index in [9.17, 15) is 4.79 Å². The topological polar surface area (TPSA) is 77.9 Å². The fourth-order valence-corrected chi connectivity index (χ4v) is 2.19. The van der Waals surface area contributed by atoms with Gasteiger partial charge in [-0.15, -0.1) is 0 Å². The van der Waals surface area contributed by atoms with Gasteiger partial charge in [0.05, 0.1) is 0 Å². The van der Waals surface area contributed by atoms with Gasteiger partial charge in [0, 0.05) is 27.4 Å². The zero-order chi connectivity index (χ0) is 13.9. The van der Waals surface area contributed by atoms with Crippen LogP contribution in [0.4, 0.5) is 11.4 Å². The standard InChI is InChI=1S/C15H10N4O/c16-19-18-13-7-3-1-5-10(13)9-12-11-6-2-4-8-14(11)17-15(12)20/h1-9H,(H,17,20)/b12-9+. The molecule has 0 bridgehead atoms. The molecule has 0 radical (unpaired) electrons. The molecule has 5 nitrogen and oxygen atoms in total. The lowest BCUT2D eigenvalue weighted by molar-refractivity contribution is -0.110. The summed E-state index contributed by atoms with van der Waals surface area (Å²) in [6.45, 7) is 0. The van der Waals surface area contributed by atoms with Gasteiger partial charge < -0.3 is 5.32 Å². The average Bonchev–Trinajstić information content (AvgIpc) is 2.78. The molecular formula is C15H10N4O. The fourth-order valence-electron chi connectivity index (χ4n) is 2.19. The summed E-state index contributed by atoms with van der Waals surface area (Å²) >= 11 is 0. The molecule has 1 amide bonds. The first-order valence-corrected chi connectivity index (χ1v) is 6.06. The van der Waals surface area contributed by atoms with Gasteiger partial charge in [-0.3, -0.25) is 4.79 Å². The second-order valence-electron chi connectivity index (χ2n) is 4.31. The number of benzene rings is 2. The predicted octanol–water partition coefficient (Wildman–Crippen LogP) is 4.12. The zero-order valence-electron chi connectivity index (χ0n) is 10.4. The molecule has 3 rings (SSSR count). The molecule has 0 aromatic heterocycles. The number of rotatable bonds is 2. The van der Waals surface area contributed by atoms with Crippen molar-refractivity contribution < 1.29 is 4.79 Å². The first-order valence-electron chi connectivity index (χ1n) is 6.06. The molecule has 2 aromatic rings. The van der Waals surface area contributed by atoms with Crippen LogP contribution >= 0.6 is 0 Å². The molecule has 0 fully saturated rings. The van der Waals surface area contributed by atoms with Crippen molar-refractivity contribution in [1.82, 2.24) is 0 Å². The van der Waals surface area contributed by atoms with Crippen LogP contribution in [0, 0.1) is 0 Å². The maximum atomic E-state index is 12.0. The van der Waals surface area contributed by atoms with Crippen molar-refractivity contribution >= 4 is 28.9 Å². The zero-order valence-corrected chi connectivity index (χ0v) is 10.4. The Morgan fingerprint density at radius 3 is 2.70 bits per heavy atom. The van der Waals surface area contributed by atoms with E-state index >= 15 is 0 Å². The number of azide groups is 1. The summed E-state index contributed by atoms with van der Waals surface area (Å²) in [6, 6.07) is 14.6. The molecule has 0 unspecified atom stereocenters. The molecule has 0 saturated carbocycles. The molecule has 0 spiro atoms. The van der Waals surface area contributed by atoms with Gasteiger partial charge in [-0.05, 0) is 23.2 Å². The molecule has 0 saturated heterocycles. The highest BCUT2D eigenvalue weighted by Crippen LogP contribution is 2.34. The quantitative estimate of drug-likeness (QED) is 0.375. The summed E-state index contributed by atoms with van der Waals surface area (Å²) in [5.41, 5.74) is 12.0. The Morgan fingerprint density at radius 1 is 1.10 bits per heavy atom. The number of nitrogens with zero attached hydrogens (tertiary/aromatic N) is 3. The first-order chi connectivity index (χ1) is 9.79. The third kappa shape index (κ3) is 2.02. The number of anilines is 1. The third-order valence-corrected chi connectivity index (χ3v) is 3.10. The second kappa shape index (κ2) is 4.91. The molecule has 2 aromatic carbocycles. The van der Waals surface area contributed by atoms with Crippen LogP contribution in [0.1, 0.15) is 11.1 Å². The highest BCUT2D eigenvalue weighted by molar-refractivity contribution is 6.35. The molecule has 0 aliphatic carbocycles. The Balaban J connectivity index is 2.14. The Bertz CT molecular complexity index is 773. The van der Waals surface area contributed by atoms with E-state index in [-0.39, 0.29) is 5.91 Å². The number of carbonyl (C=O) groups excluding carboxylic acids is 1. The van der Waals surface area contributed by atoms with Crippen LogP contribution in [-0.4, -0.2) is 5.91 Å². The number of para-hydroxylation sites is 1. The van der Waals surface area contributed by atoms with Crippen LogP contribution < -0.4 is 5.32 Å². The Labute approximate surface area is 115 Å². The molecule has 20 heavy (non-hydrogen) atoms. The third-order valence-electron chi connectivity index (χ3n) is 3.10. The highest BCUT2D eigenvalue weighted by Gasteiger charge is 2.23. The van der Waals surface area contributed by atoms with Gasteiger partial charge in [0.25, 0.3) is 5.91 Å². The number of hydrogen-bond acceptors (Lipinski definition) is 2. The van der Waals surface area contributed by atoms with Gasteiger partial charge in [0.1, 0.15) is 0 Å². The lowest BCUT2D eigenvalue weighted by atomic mass is 10.0. The van der Waals surface area contributed by atoms with E-state index in [4.69, 9.17) is 5.53 Å². The van der Waals surface area contributed by atoms with E-state index in [1.165, 1.54) is 0 Å². The maximum absolute atomic E-state index is 12.0. The lowest BCUT2D eigenvalue weighted by Crippen LogP contribution is -2.03. The first kappa shape index (κ1) is 12.0. The van der Waals surface area contributed by atoms with Crippen molar-refractivity contribution in [1.29, 1.82) is 0 Å². The van der Waals surface area contributed by atoms with Crippen molar-refractivity contribution in [2.75, 3.05) is 5.32 Å². The van der Waals surface area contributed by atoms with E-state index in [1.54, 1.807) is 18.2 Å². The molecule has 1 aliphatic rings. The summed E-state index contributed by atoms with van der Waals surface area (Å²) in [5.74, 6) is -0.151. The minimum absolute atomic E-state index is 0.151. The van der Waals surface area contributed by atoms with Gasteiger partial charge >= 0.3 is 0 Å². The van der Waals surface area contributed by atoms with Crippen LogP contribution in [0.5, 0.6) is 0 Å². The maximum Gasteiger partial charge on any atom is 0.256 e. The van der Waals surface area contributed by atoms with Gasteiger partial charge in [0.2, 0.25) is 0 Å². The van der Waals surface area contributed by atoms with Crippen LogP contribution in [-0.2, 0) is 4.79 Å². The van der Waals surface area contributed by atoms with Gasteiger partial charge in [-0.1, -0.05) is 47.6 Å². The van der Waals surface area contributed by atoms with Crippen molar-refractivity contribution in [2.45, 2.75) is 0 Å². The average molecular weight is 262 g/mol. The summed E-state index contributed by atoms with van der Waals surface area (Å²) in [5, 5.41) is 6.44. The molecule has 0 atom stereocenters. The van der Waals surface area contributed by atoms with E-state index in [0.29, 0.717) is 16.8 Å². The smallest absolute Gasteiger partial charge is 0.256 e. The fraction of sp³-hybridized carbons (Fsp3) is 0. The van der Waals surface area contributed by atoms with E-state index < -0.39 is 0 Å². The highest BCUT2D eigenvalue weighted by atomic mass is 16.2. The van der Waals surface area contributed by atoms with Gasteiger partial charge in [-0.25, -0.2) is 0 Å². The normalized spacial score (nSPS) is 14.6. The van der Waals surface area contributed by atoms with Gasteiger partial charge in [-0.2, -0.15) is 0 Å². The number of hydrogen-bond donors (Lipinski definition) is 1. The Morgan fingerprint density at radius 2 is 1.85 bits per heavy atom. The SMILES string of the molecule is [N-]=[N+]=Nc1ccccc1/C=C1/C(=O)Nc2ccccc21. The van der Waals surface area contributed by atoms with E-state index in [1.807, 2.05) is 36.4 Å². The number of carbonyl (C=O) groups is 1. The summed E-state index contributed by atoms with van der Waals surface area (Å²) in [4.78, 5) is 14.8. The molecular weight excluding hydrogens is 252 g/mol. The predicted molar refractivity (Wildman–Crippen MR) is 78.2 cm³/mol. The van der Waals surface area contributed by atoms with Crippen LogP contribution in [0.25, 0.3) is 22.1 Å². The molecule has 1 aliphatic heterocycles. The largest absolute Gasteiger partial charge is 0.321 e. The molecule has 5 heteroatoms. The molecule has 1 heterocycles. The summed E-state index contributed by atoms with van der Waals surface area (Å²) in [6.07, 6.45) is 1.74. The van der Waals surface area contributed by atoms with Gasteiger partial charge in [0.15, 0.2) is 0 Å². The van der Waals surface area contributed by atoms with Crippen molar-refractivity contribution in [3.05, 3.63) is 70.1 Å². The van der Waals surface area contributed by atoms with Crippen molar-refractivity contribution in [2.24, 2.45) is 5.11 Å². The molecule has 96 valence electrons. The second-order valence-corrected chi connectivity index (χ2v) is 4.31. The van der Waals surface area contributed by atoms with E-state index in [2.05, 4.69) is 15.3 Å². The Hall–Kier alpha value is -3.04. The number of amides is 1. The van der Waals surface area contributed by atoms with Crippen molar-refractivity contribution in [3.8, 4) is 0 Å². The van der Waals surface area contributed by atoms with E-state index in [0.717, 1.165) is 11.3 Å². The summed E-state index contributed by atoms with van der Waals surface area (Å²) in [7, 11) is 0. The number of fused-ring (bicyclic) bond motifs is 1. The monoisotopic (exact) mass is 262 g/mol. The minimum Gasteiger partial charge on any atom is -0.321 e. The minimum atomic E-state index is -0.151. The lowest BCUT2D eigenvalue weighted by Gasteiger charge is -2.01. The van der Waals surface area contributed by atoms with Crippen LogP contribution in [0.2, 0.25) is 0 Å². The summed E-state index contributed by atoms with van der Waals surface area (Å²) < 4.78 is 0.